The van der Waals surface area contributed by atoms with Crippen LogP contribution in [0.25, 0.3) is 0 Å². The topological polar surface area (TPSA) is 79.6 Å². The molecule has 30 heavy (non-hydrogen) atoms. The number of amides is 1. The summed E-state index contributed by atoms with van der Waals surface area (Å²) in [5.41, 5.74) is -2.51. The molecule has 1 aromatic carbocycles. The minimum absolute atomic E-state index is 0.352. The van der Waals surface area contributed by atoms with E-state index in [1.807, 2.05) is 29.2 Å². The van der Waals surface area contributed by atoms with E-state index in [1.54, 1.807) is 7.11 Å². The highest BCUT2D eigenvalue weighted by molar-refractivity contribution is 5.78. The van der Waals surface area contributed by atoms with Gasteiger partial charge in [0.2, 0.25) is 11.5 Å². The number of ether oxygens (including phenoxy) is 1. The van der Waals surface area contributed by atoms with E-state index in [9.17, 15) is 23.1 Å². The van der Waals surface area contributed by atoms with Gasteiger partial charge in [-0.05, 0) is 25.0 Å². The van der Waals surface area contributed by atoms with Gasteiger partial charge >= 0.3 is 6.18 Å². The average molecular weight is 426 g/mol. The summed E-state index contributed by atoms with van der Waals surface area (Å²) < 4.78 is 47.4. The van der Waals surface area contributed by atoms with Crippen molar-refractivity contribution in [3.05, 3.63) is 42.5 Å². The number of methoxy groups -OCH3 is 1. The summed E-state index contributed by atoms with van der Waals surface area (Å²) in [6.07, 6.45) is -2.39. The van der Waals surface area contributed by atoms with Crippen molar-refractivity contribution in [3.63, 3.8) is 0 Å². The molecule has 2 atom stereocenters. The lowest BCUT2D eigenvalue weighted by Crippen LogP contribution is -2.52. The van der Waals surface area contributed by atoms with Gasteiger partial charge in [-0.15, -0.1) is 0 Å². The second-order valence-electron chi connectivity index (χ2n) is 7.42. The van der Waals surface area contributed by atoms with E-state index in [0.717, 1.165) is 29.4 Å². The second kappa shape index (κ2) is 8.55. The molecule has 0 radical (unpaired) electrons. The van der Waals surface area contributed by atoms with Gasteiger partial charge in [-0.2, -0.15) is 13.2 Å². The molecule has 2 unspecified atom stereocenters. The maximum Gasteiger partial charge on any atom is 0.425 e. The van der Waals surface area contributed by atoms with Crippen LogP contribution in [0.1, 0.15) is 25.1 Å². The number of anilines is 1. The quantitative estimate of drug-likeness (QED) is 0.742. The number of aromatic nitrogens is 2. The number of carbonyl (C=O) groups is 1. The SMILES string of the molecule is COc1ccccc1N1CCCC(NC(=O)CC(O)(c2nccn2C)C(F)(F)F)C1. The number of piperidine rings is 1. The number of halogens is 3. The van der Waals surface area contributed by atoms with Crippen LogP contribution in [-0.4, -0.2) is 53.0 Å². The highest BCUT2D eigenvalue weighted by atomic mass is 19.4. The smallest absolute Gasteiger partial charge is 0.425 e. The van der Waals surface area contributed by atoms with Crippen LogP contribution in [0.2, 0.25) is 0 Å². The fourth-order valence-electron chi connectivity index (χ4n) is 3.79. The zero-order valence-electron chi connectivity index (χ0n) is 16.8. The molecule has 1 aromatic heterocycles. The minimum atomic E-state index is -5.06. The lowest BCUT2D eigenvalue weighted by atomic mass is 9.96. The third-order valence-corrected chi connectivity index (χ3v) is 5.29. The summed E-state index contributed by atoms with van der Waals surface area (Å²) in [6, 6.07) is 7.09. The van der Waals surface area contributed by atoms with Crippen molar-refractivity contribution in [2.75, 3.05) is 25.1 Å². The largest absolute Gasteiger partial charge is 0.495 e. The fraction of sp³-hybridized carbons (Fsp3) is 0.500. The number of nitrogens with zero attached hydrogens (tertiary/aromatic N) is 3. The first-order valence-electron chi connectivity index (χ1n) is 9.60. The molecule has 0 spiro atoms. The Bertz CT molecular complexity index is 886. The average Bonchev–Trinajstić information content (AvgIpc) is 3.13. The number of aryl methyl sites for hydroxylation is 1. The van der Waals surface area contributed by atoms with Crippen molar-refractivity contribution >= 4 is 11.6 Å². The number of benzene rings is 1. The summed E-state index contributed by atoms with van der Waals surface area (Å²) in [7, 11) is 2.90. The number of alkyl halides is 3. The zero-order chi connectivity index (χ0) is 21.9. The lowest BCUT2D eigenvalue weighted by molar-refractivity contribution is -0.271. The minimum Gasteiger partial charge on any atom is -0.495 e. The van der Waals surface area contributed by atoms with Gasteiger partial charge in [-0.3, -0.25) is 4.79 Å². The van der Waals surface area contributed by atoms with Gasteiger partial charge in [0, 0.05) is 38.6 Å². The van der Waals surface area contributed by atoms with Crippen LogP contribution in [-0.2, 0) is 17.4 Å². The molecule has 7 nitrogen and oxygen atoms in total. The molecule has 0 aliphatic carbocycles. The number of rotatable bonds is 6. The van der Waals surface area contributed by atoms with Gasteiger partial charge in [0.25, 0.3) is 0 Å². The van der Waals surface area contributed by atoms with Crippen LogP contribution in [0, 0.1) is 0 Å². The van der Waals surface area contributed by atoms with E-state index >= 15 is 0 Å². The molecule has 2 heterocycles. The monoisotopic (exact) mass is 426 g/mol. The second-order valence-corrected chi connectivity index (χ2v) is 7.42. The molecular weight excluding hydrogens is 401 g/mol. The molecule has 0 saturated carbocycles. The van der Waals surface area contributed by atoms with Crippen LogP contribution in [0.15, 0.2) is 36.7 Å². The van der Waals surface area contributed by atoms with Crippen LogP contribution in [0.3, 0.4) is 0 Å². The van der Waals surface area contributed by atoms with Crippen LogP contribution in [0.5, 0.6) is 5.75 Å². The third kappa shape index (κ3) is 4.38. The lowest BCUT2D eigenvalue weighted by Gasteiger charge is -2.36. The Labute approximate surface area is 172 Å². The Balaban J connectivity index is 1.71. The summed E-state index contributed by atoms with van der Waals surface area (Å²) in [5.74, 6) is -0.820. The van der Waals surface area contributed by atoms with Crippen molar-refractivity contribution in [1.29, 1.82) is 0 Å². The number of para-hydroxylation sites is 2. The third-order valence-electron chi connectivity index (χ3n) is 5.29. The Morgan fingerprint density at radius 1 is 1.37 bits per heavy atom. The van der Waals surface area contributed by atoms with E-state index in [0.29, 0.717) is 18.7 Å². The van der Waals surface area contributed by atoms with Crippen molar-refractivity contribution in [3.8, 4) is 5.75 Å². The Morgan fingerprint density at radius 3 is 2.73 bits per heavy atom. The molecule has 2 aromatic rings. The van der Waals surface area contributed by atoms with Crippen LogP contribution < -0.4 is 15.0 Å². The number of imidazole rings is 1. The van der Waals surface area contributed by atoms with Gasteiger partial charge in [-0.25, -0.2) is 4.98 Å². The number of nitrogens with one attached hydrogen (secondary N) is 1. The summed E-state index contributed by atoms with van der Waals surface area (Å²) >= 11 is 0. The summed E-state index contributed by atoms with van der Waals surface area (Å²) in [4.78, 5) is 18.1. The van der Waals surface area contributed by atoms with E-state index in [2.05, 4.69) is 10.3 Å². The van der Waals surface area contributed by atoms with Gasteiger partial charge in [0.05, 0.1) is 19.2 Å². The zero-order valence-corrected chi connectivity index (χ0v) is 16.8. The van der Waals surface area contributed by atoms with Gasteiger partial charge < -0.3 is 24.6 Å². The highest BCUT2D eigenvalue weighted by Gasteiger charge is 2.58. The number of aliphatic hydroxyl groups is 1. The molecule has 1 amide bonds. The maximum absolute atomic E-state index is 13.6. The van der Waals surface area contributed by atoms with E-state index < -0.39 is 29.9 Å². The first-order chi connectivity index (χ1) is 14.2. The molecule has 3 rings (SSSR count). The standard InChI is InChI=1S/C20H25F3N4O3/c1-26-11-9-24-18(26)19(29,20(21,22)23)12-17(28)25-14-6-5-10-27(13-14)15-7-3-4-8-16(15)30-2/h3-4,7-9,11,14,29H,5-6,10,12-13H2,1-2H3,(H,25,28). The predicted octanol–water partition coefficient (Wildman–Crippen LogP) is 2.35. The normalized spacial score (nSPS) is 19.3. The van der Waals surface area contributed by atoms with E-state index in [1.165, 1.54) is 13.2 Å². The Hall–Kier alpha value is -2.75. The predicted molar refractivity (Wildman–Crippen MR) is 104 cm³/mol. The van der Waals surface area contributed by atoms with Gasteiger partial charge in [0.15, 0.2) is 5.82 Å². The molecule has 1 fully saturated rings. The highest BCUT2D eigenvalue weighted by Crippen LogP contribution is 2.40. The molecule has 1 aliphatic heterocycles. The van der Waals surface area contributed by atoms with Crippen LogP contribution in [0.4, 0.5) is 18.9 Å². The van der Waals surface area contributed by atoms with E-state index in [-0.39, 0.29) is 6.04 Å². The van der Waals surface area contributed by atoms with Crippen LogP contribution >= 0.6 is 0 Å². The number of hydrogen-bond acceptors (Lipinski definition) is 5. The molecule has 2 N–H and O–H groups in total. The molecular formula is C20H25F3N4O3. The molecule has 164 valence electrons. The molecule has 10 heteroatoms. The molecule has 1 saturated heterocycles. The maximum atomic E-state index is 13.6. The van der Waals surface area contributed by atoms with Crippen molar-refractivity contribution in [2.24, 2.45) is 7.05 Å². The summed E-state index contributed by atoms with van der Waals surface area (Å²) in [6.45, 7) is 1.17. The van der Waals surface area contributed by atoms with E-state index in [4.69, 9.17) is 4.74 Å². The summed E-state index contributed by atoms with van der Waals surface area (Å²) in [5, 5.41) is 13.0. The number of carbonyl (C=O) groups excluding carboxylic acids is 1. The number of hydrogen-bond donors (Lipinski definition) is 2. The first-order valence-corrected chi connectivity index (χ1v) is 9.60. The Kier molecular flexibility index (Phi) is 6.25. The fourth-order valence-corrected chi connectivity index (χ4v) is 3.79. The van der Waals surface area contributed by atoms with Crippen molar-refractivity contribution in [2.45, 2.75) is 37.1 Å². The molecule has 1 aliphatic rings. The first kappa shape index (κ1) is 21.9. The van der Waals surface area contributed by atoms with Crippen molar-refractivity contribution < 1.29 is 27.8 Å². The molecule has 0 bridgehead atoms. The van der Waals surface area contributed by atoms with Crippen molar-refractivity contribution in [1.82, 2.24) is 14.9 Å². The Morgan fingerprint density at radius 2 is 2.10 bits per heavy atom. The van der Waals surface area contributed by atoms with Gasteiger partial charge in [0.1, 0.15) is 5.75 Å². The van der Waals surface area contributed by atoms with Gasteiger partial charge in [-0.1, -0.05) is 12.1 Å².